The first-order valence-corrected chi connectivity index (χ1v) is 21.8. The molecule has 0 atom stereocenters. The first-order valence-electron chi connectivity index (χ1n) is 21.8. The van der Waals surface area contributed by atoms with Gasteiger partial charge in [-0.3, -0.25) is 0 Å². The molecule has 0 aliphatic heterocycles. The molecule has 0 N–H and O–H groups in total. The molecule has 64 heavy (non-hydrogen) atoms. The SMILES string of the molecule is c1ccc(-c2cccc(-c3cc(-c4cc(-n5c6ccccc6c6ccc7ccccc7c65)cc(-n5c6ccccc6c6ccc7ccccc7c65)c4)nc(-c4ccccc4)n3)c2)cc1. The predicted octanol–water partition coefficient (Wildman–Crippen LogP) is 15.6. The maximum absolute atomic E-state index is 5.44. The van der Waals surface area contributed by atoms with Crippen molar-refractivity contribution in [3.63, 3.8) is 0 Å². The first-order chi connectivity index (χ1) is 31.7. The number of rotatable bonds is 6. The van der Waals surface area contributed by atoms with Gasteiger partial charge in [-0.05, 0) is 64.4 Å². The summed E-state index contributed by atoms with van der Waals surface area (Å²) in [4.78, 5) is 10.7. The third kappa shape index (κ3) is 5.77. The fraction of sp³-hybridized carbons (Fsp3) is 0. The molecule has 0 aliphatic rings. The smallest absolute Gasteiger partial charge is 0.160 e. The minimum absolute atomic E-state index is 0.677. The molecule has 0 amide bonds. The van der Waals surface area contributed by atoms with Gasteiger partial charge >= 0.3 is 0 Å². The fourth-order valence-electron chi connectivity index (χ4n) is 9.95. The topological polar surface area (TPSA) is 35.6 Å². The molecular formula is C60H38N4. The second-order valence-electron chi connectivity index (χ2n) is 16.6. The normalized spacial score (nSPS) is 11.8. The number of aromatic nitrogens is 4. The average Bonchev–Trinajstić information content (AvgIpc) is 3.90. The maximum atomic E-state index is 5.44. The van der Waals surface area contributed by atoms with E-state index in [1.165, 1.54) is 54.1 Å². The van der Waals surface area contributed by atoms with Crippen LogP contribution in [-0.2, 0) is 0 Å². The van der Waals surface area contributed by atoms with Crippen LogP contribution in [0.25, 0.3) is 122 Å². The lowest BCUT2D eigenvalue weighted by atomic mass is 10.0. The van der Waals surface area contributed by atoms with Crippen LogP contribution < -0.4 is 0 Å². The highest BCUT2D eigenvalue weighted by Crippen LogP contribution is 2.42. The van der Waals surface area contributed by atoms with E-state index in [2.05, 4.69) is 234 Å². The monoisotopic (exact) mass is 814 g/mol. The summed E-state index contributed by atoms with van der Waals surface area (Å²) in [5, 5.41) is 9.69. The van der Waals surface area contributed by atoms with E-state index in [-0.39, 0.29) is 0 Å². The summed E-state index contributed by atoms with van der Waals surface area (Å²) < 4.78 is 4.94. The highest BCUT2D eigenvalue weighted by atomic mass is 15.0. The van der Waals surface area contributed by atoms with Crippen molar-refractivity contribution in [3.05, 3.63) is 231 Å². The van der Waals surface area contributed by atoms with Gasteiger partial charge in [-0.25, -0.2) is 9.97 Å². The van der Waals surface area contributed by atoms with E-state index in [1.807, 2.05) is 6.07 Å². The molecule has 0 spiro atoms. The van der Waals surface area contributed by atoms with Crippen molar-refractivity contribution in [1.29, 1.82) is 0 Å². The van der Waals surface area contributed by atoms with Crippen molar-refractivity contribution in [2.75, 3.05) is 0 Å². The lowest BCUT2D eigenvalue weighted by Gasteiger charge is -2.17. The Balaban J connectivity index is 1.15. The van der Waals surface area contributed by atoms with Gasteiger partial charge in [-0.15, -0.1) is 0 Å². The van der Waals surface area contributed by atoms with Crippen LogP contribution in [0.2, 0.25) is 0 Å². The largest absolute Gasteiger partial charge is 0.309 e. The first kappa shape index (κ1) is 36.1. The van der Waals surface area contributed by atoms with E-state index >= 15 is 0 Å². The van der Waals surface area contributed by atoms with E-state index in [1.54, 1.807) is 0 Å². The van der Waals surface area contributed by atoms with Crippen LogP contribution in [0.4, 0.5) is 0 Å². The van der Waals surface area contributed by atoms with Gasteiger partial charge in [0.25, 0.3) is 0 Å². The lowest BCUT2D eigenvalue weighted by molar-refractivity contribution is 1.13. The molecule has 0 aliphatic carbocycles. The third-order valence-corrected chi connectivity index (χ3v) is 12.9. The summed E-state index contributed by atoms with van der Waals surface area (Å²) in [7, 11) is 0. The standard InChI is InChI=1S/C60H38N4/c1-3-16-39(17-4-1)43-22-15-23-44(34-43)54-38-55(62-60(61-54)42-20-5-2-6-21-42)45-35-46(63-56-28-13-11-26-50(56)52-32-30-40-18-7-9-24-48(40)58(52)63)37-47(36-45)64-57-29-14-12-27-51(57)53-33-31-41-19-8-10-25-49(41)59(53)64/h1-38H. The van der Waals surface area contributed by atoms with Crippen molar-refractivity contribution >= 4 is 65.2 Å². The van der Waals surface area contributed by atoms with Gasteiger partial charge in [0, 0.05) is 60.4 Å². The highest BCUT2D eigenvalue weighted by Gasteiger charge is 2.21. The van der Waals surface area contributed by atoms with E-state index < -0.39 is 0 Å². The molecule has 13 aromatic rings. The van der Waals surface area contributed by atoms with Crippen molar-refractivity contribution in [3.8, 4) is 56.4 Å². The van der Waals surface area contributed by atoms with E-state index in [9.17, 15) is 0 Å². The maximum Gasteiger partial charge on any atom is 0.160 e. The molecule has 3 aromatic heterocycles. The molecule has 0 radical (unpaired) electrons. The second-order valence-corrected chi connectivity index (χ2v) is 16.6. The minimum Gasteiger partial charge on any atom is -0.309 e. The molecule has 3 heterocycles. The van der Waals surface area contributed by atoms with Crippen LogP contribution in [0.5, 0.6) is 0 Å². The van der Waals surface area contributed by atoms with Crippen LogP contribution >= 0.6 is 0 Å². The number of hydrogen-bond acceptors (Lipinski definition) is 2. The van der Waals surface area contributed by atoms with Crippen LogP contribution in [0.1, 0.15) is 0 Å². The van der Waals surface area contributed by atoms with Crippen molar-refractivity contribution in [2.24, 2.45) is 0 Å². The molecule has 298 valence electrons. The van der Waals surface area contributed by atoms with E-state index in [0.717, 1.165) is 61.6 Å². The summed E-state index contributed by atoms with van der Waals surface area (Å²) in [6.45, 7) is 0. The van der Waals surface area contributed by atoms with Gasteiger partial charge in [0.1, 0.15) is 0 Å². The van der Waals surface area contributed by atoms with Crippen LogP contribution in [-0.4, -0.2) is 19.1 Å². The zero-order valence-electron chi connectivity index (χ0n) is 34.7. The lowest BCUT2D eigenvalue weighted by Crippen LogP contribution is -2.02. The molecular weight excluding hydrogens is 777 g/mol. The Kier molecular flexibility index (Phi) is 8.18. The van der Waals surface area contributed by atoms with E-state index in [4.69, 9.17) is 9.97 Å². The zero-order chi connectivity index (χ0) is 42.1. The Bertz CT molecular complexity index is 3780. The Hall–Kier alpha value is -8.60. The summed E-state index contributed by atoms with van der Waals surface area (Å²) >= 11 is 0. The molecule has 0 saturated carbocycles. The Morgan fingerprint density at radius 3 is 1.30 bits per heavy atom. The zero-order valence-corrected chi connectivity index (χ0v) is 34.7. The number of nitrogens with zero attached hydrogens (tertiary/aromatic N) is 4. The Labute approximate surface area is 369 Å². The van der Waals surface area contributed by atoms with Gasteiger partial charge in [0.15, 0.2) is 5.82 Å². The average molecular weight is 815 g/mol. The Morgan fingerprint density at radius 2 is 0.719 bits per heavy atom. The molecule has 13 rings (SSSR count). The summed E-state index contributed by atoms with van der Waals surface area (Å²) in [6, 6.07) is 82.9. The quantitative estimate of drug-likeness (QED) is 0.168. The molecule has 0 unspecified atom stereocenters. The second kappa shape index (κ2) is 14.5. The van der Waals surface area contributed by atoms with Gasteiger partial charge in [0.2, 0.25) is 0 Å². The van der Waals surface area contributed by atoms with E-state index in [0.29, 0.717) is 5.82 Å². The molecule has 10 aromatic carbocycles. The Morgan fingerprint density at radius 1 is 0.266 bits per heavy atom. The van der Waals surface area contributed by atoms with Crippen LogP contribution in [0.3, 0.4) is 0 Å². The van der Waals surface area contributed by atoms with Crippen molar-refractivity contribution in [1.82, 2.24) is 19.1 Å². The molecule has 0 bridgehead atoms. The van der Waals surface area contributed by atoms with Gasteiger partial charge in [0.05, 0.1) is 33.5 Å². The number of benzene rings is 10. The van der Waals surface area contributed by atoms with Crippen LogP contribution in [0, 0.1) is 0 Å². The van der Waals surface area contributed by atoms with Crippen molar-refractivity contribution < 1.29 is 0 Å². The number of para-hydroxylation sites is 2. The molecule has 0 saturated heterocycles. The summed E-state index contributed by atoms with van der Waals surface area (Å²) in [6.07, 6.45) is 0. The van der Waals surface area contributed by atoms with Gasteiger partial charge in [-0.1, -0.05) is 188 Å². The minimum atomic E-state index is 0.677. The van der Waals surface area contributed by atoms with Gasteiger partial charge < -0.3 is 9.13 Å². The highest BCUT2D eigenvalue weighted by molar-refractivity contribution is 6.20. The number of hydrogen-bond donors (Lipinski definition) is 0. The number of fused-ring (bicyclic) bond motifs is 10. The fourth-order valence-corrected chi connectivity index (χ4v) is 9.95. The van der Waals surface area contributed by atoms with Crippen molar-refractivity contribution in [2.45, 2.75) is 0 Å². The molecule has 4 heteroatoms. The molecule has 0 fully saturated rings. The summed E-state index contributed by atoms with van der Waals surface area (Å²) in [5.74, 6) is 0.677. The van der Waals surface area contributed by atoms with Gasteiger partial charge in [-0.2, -0.15) is 0 Å². The van der Waals surface area contributed by atoms with Crippen LogP contribution in [0.15, 0.2) is 231 Å². The third-order valence-electron chi connectivity index (χ3n) is 12.9. The summed E-state index contributed by atoms with van der Waals surface area (Å²) in [5.41, 5.74) is 13.7. The molecule has 4 nitrogen and oxygen atoms in total. The predicted molar refractivity (Wildman–Crippen MR) is 267 cm³/mol.